The second-order valence-electron chi connectivity index (χ2n) is 3.05. The molecule has 0 aromatic heterocycles. The van der Waals surface area contributed by atoms with Gasteiger partial charge in [0.25, 0.3) is 0 Å². The maximum Gasteiger partial charge on any atom is 0.185 e. The molecule has 15 heavy (non-hydrogen) atoms. The van der Waals surface area contributed by atoms with Crippen molar-refractivity contribution >= 4 is 29.0 Å². The van der Waals surface area contributed by atoms with Crippen LogP contribution in [0.1, 0.15) is 15.9 Å². The quantitative estimate of drug-likeness (QED) is 0.443. The van der Waals surface area contributed by atoms with E-state index in [1.807, 2.05) is 19.1 Å². The number of benzene rings is 1. The average Bonchev–Trinajstić information content (AvgIpc) is 2.18. The summed E-state index contributed by atoms with van der Waals surface area (Å²) in [6.45, 7) is 1.97. The Kier molecular flexibility index (Phi) is 4.60. The third-order valence-electron chi connectivity index (χ3n) is 1.81. The van der Waals surface area contributed by atoms with Gasteiger partial charge in [0.1, 0.15) is 4.49 Å². The van der Waals surface area contributed by atoms with Crippen molar-refractivity contribution in [2.45, 2.75) is 6.92 Å². The lowest BCUT2D eigenvalue weighted by molar-refractivity contribution is 0.104. The summed E-state index contributed by atoms with van der Waals surface area (Å²) in [5, 5.41) is 0. The lowest BCUT2D eigenvalue weighted by atomic mass is 10.1. The van der Waals surface area contributed by atoms with Crippen molar-refractivity contribution in [2.75, 3.05) is 0 Å². The van der Waals surface area contributed by atoms with Gasteiger partial charge in [0.2, 0.25) is 0 Å². The normalized spacial score (nSPS) is 10.3. The van der Waals surface area contributed by atoms with E-state index in [0.717, 1.165) is 5.56 Å². The summed E-state index contributed by atoms with van der Waals surface area (Å²) in [5.74, 6) is -0.0687. The average molecular weight is 241 g/mol. The van der Waals surface area contributed by atoms with E-state index in [1.165, 1.54) is 18.2 Å². The fourth-order valence-corrected chi connectivity index (χ4v) is 1.17. The van der Waals surface area contributed by atoms with Crippen molar-refractivity contribution in [1.82, 2.24) is 0 Å². The van der Waals surface area contributed by atoms with Crippen LogP contribution in [0.4, 0.5) is 0 Å². The van der Waals surface area contributed by atoms with Crippen LogP contribution >= 0.6 is 23.2 Å². The SMILES string of the molecule is Cc1ccc(C(=O)/C=C/C=C(Cl)Cl)cc1. The van der Waals surface area contributed by atoms with Gasteiger partial charge < -0.3 is 0 Å². The zero-order valence-electron chi connectivity index (χ0n) is 8.21. The minimum Gasteiger partial charge on any atom is -0.289 e. The highest BCUT2D eigenvalue weighted by Gasteiger charge is 1.99. The lowest BCUT2D eigenvalue weighted by Gasteiger charge is -1.95. The van der Waals surface area contributed by atoms with Crippen LogP contribution in [-0.2, 0) is 0 Å². The van der Waals surface area contributed by atoms with Gasteiger partial charge in [0.15, 0.2) is 5.78 Å². The van der Waals surface area contributed by atoms with Gasteiger partial charge >= 0.3 is 0 Å². The predicted octanol–water partition coefficient (Wildman–Crippen LogP) is 4.05. The minimum atomic E-state index is -0.0687. The maximum atomic E-state index is 11.5. The molecule has 0 spiro atoms. The number of carbonyl (C=O) groups is 1. The summed E-state index contributed by atoms with van der Waals surface area (Å²) in [6, 6.07) is 7.36. The Morgan fingerprint density at radius 2 is 1.80 bits per heavy atom. The molecule has 0 aliphatic rings. The zero-order chi connectivity index (χ0) is 11.3. The Morgan fingerprint density at radius 1 is 1.20 bits per heavy atom. The van der Waals surface area contributed by atoms with E-state index in [9.17, 15) is 4.79 Å². The maximum absolute atomic E-state index is 11.5. The molecule has 0 amide bonds. The van der Waals surface area contributed by atoms with E-state index < -0.39 is 0 Å². The smallest absolute Gasteiger partial charge is 0.185 e. The number of hydrogen-bond donors (Lipinski definition) is 0. The Balaban J connectivity index is 2.74. The highest BCUT2D eigenvalue weighted by atomic mass is 35.5. The van der Waals surface area contributed by atoms with Gasteiger partial charge in [-0.25, -0.2) is 0 Å². The first-order valence-electron chi connectivity index (χ1n) is 4.40. The van der Waals surface area contributed by atoms with Crippen molar-refractivity contribution in [1.29, 1.82) is 0 Å². The molecule has 0 radical (unpaired) electrons. The topological polar surface area (TPSA) is 17.1 Å². The van der Waals surface area contributed by atoms with Gasteiger partial charge in [-0.3, -0.25) is 4.79 Å². The van der Waals surface area contributed by atoms with Gasteiger partial charge in [-0.2, -0.15) is 0 Å². The molecule has 0 saturated heterocycles. The molecular formula is C12H10Cl2O. The molecule has 0 heterocycles. The second-order valence-corrected chi connectivity index (χ2v) is 4.05. The van der Waals surface area contributed by atoms with E-state index in [2.05, 4.69) is 0 Å². The van der Waals surface area contributed by atoms with E-state index in [-0.39, 0.29) is 10.3 Å². The van der Waals surface area contributed by atoms with Gasteiger partial charge in [-0.1, -0.05) is 59.1 Å². The number of carbonyl (C=O) groups excluding carboxylic acids is 1. The molecule has 0 N–H and O–H groups in total. The third-order valence-corrected chi connectivity index (χ3v) is 2.06. The van der Waals surface area contributed by atoms with Gasteiger partial charge in [-0.05, 0) is 19.1 Å². The second kappa shape index (κ2) is 5.74. The van der Waals surface area contributed by atoms with E-state index in [1.54, 1.807) is 12.1 Å². The summed E-state index contributed by atoms with van der Waals surface area (Å²) in [4.78, 5) is 11.5. The molecule has 0 aliphatic carbocycles. The predicted molar refractivity (Wildman–Crippen MR) is 64.4 cm³/mol. The lowest BCUT2D eigenvalue weighted by Crippen LogP contribution is -1.93. The third kappa shape index (κ3) is 4.32. The summed E-state index contributed by atoms with van der Waals surface area (Å²) in [6.07, 6.45) is 4.40. The molecule has 78 valence electrons. The first kappa shape index (κ1) is 12.0. The number of rotatable bonds is 3. The standard InChI is InChI=1S/C12H10Cl2O/c1-9-5-7-10(8-6-9)11(15)3-2-4-12(13)14/h2-8H,1H3/b3-2+. The zero-order valence-corrected chi connectivity index (χ0v) is 9.72. The molecule has 1 aromatic rings. The summed E-state index contributed by atoms with van der Waals surface area (Å²) in [5.41, 5.74) is 1.77. The van der Waals surface area contributed by atoms with Crippen LogP contribution in [0.3, 0.4) is 0 Å². The van der Waals surface area contributed by atoms with Crippen LogP contribution in [0.2, 0.25) is 0 Å². The Hall–Kier alpha value is -1.05. The first-order valence-corrected chi connectivity index (χ1v) is 5.15. The number of allylic oxidation sites excluding steroid dienone is 3. The number of halogens is 2. The van der Waals surface area contributed by atoms with Crippen LogP contribution in [0, 0.1) is 6.92 Å². The highest BCUT2D eigenvalue weighted by Crippen LogP contribution is 2.07. The molecule has 0 aliphatic heterocycles. The van der Waals surface area contributed by atoms with Crippen LogP contribution < -0.4 is 0 Å². The first-order chi connectivity index (χ1) is 7.09. The molecule has 0 unspecified atom stereocenters. The summed E-state index contributed by atoms with van der Waals surface area (Å²) < 4.78 is 0.128. The summed E-state index contributed by atoms with van der Waals surface area (Å²) in [7, 11) is 0. The van der Waals surface area contributed by atoms with Crippen LogP contribution in [0.5, 0.6) is 0 Å². The molecule has 0 saturated carbocycles. The Morgan fingerprint density at radius 3 is 2.33 bits per heavy atom. The van der Waals surface area contributed by atoms with Crippen molar-refractivity contribution < 1.29 is 4.79 Å². The molecule has 1 rings (SSSR count). The van der Waals surface area contributed by atoms with Crippen LogP contribution in [0.15, 0.2) is 47.0 Å². The number of aryl methyl sites for hydroxylation is 1. The molecule has 0 atom stereocenters. The number of hydrogen-bond acceptors (Lipinski definition) is 1. The van der Waals surface area contributed by atoms with E-state index >= 15 is 0 Å². The minimum absolute atomic E-state index is 0.0687. The van der Waals surface area contributed by atoms with Crippen molar-refractivity contribution in [2.24, 2.45) is 0 Å². The Bertz CT molecular complexity index is 398. The molecule has 0 bridgehead atoms. The van der Waals surface area contributed by atoms with Gasteiger partial charge in [0.05, 0.1) is 0 Å². The monoisotopic (exact) mass is 240 g/mol. The molecular weight excluding hydrogens is 231 g/mol. The van der Waals surface area contributed by atoms with Crippen molar-refractivity contribution in [3.05, 3.63) is 58.1 Å². The molecule has 1 aromatic carbocycles. The number of ketones is 1. The van der Waals surface area contributed by atoms with Crippen molar-refractivity contribution in [3.8, 4) is 0 Å². The molecule has 1 nitrogen and oxygen atoms in total. The van der Waals surface area contributed by atoms with E-state index in [4.69, 9.17) is 23.2 Å². The Labute approximate surface area is 99.0 Å². The highest BCUT2D eigenvalue weighted by molar-refractivity contribution is 6.56. The van der Waals surface area contributed by atoms with E-state index in [0.29, 0.717) is 5.56 Å². The molecule has 0 fully saturated rings. The largest absolute Gasteiger partial charge is 0.289 e. The summed E-state index contributed by atoms with van der Waals surface area (Å²) >= 11 is 10.8. The van der Waals surface area contributed by atoms with Crippen molar-refractivity contribution in [3.63, 3.8) is 0 Å². The molecule has 3 heteroatoms. The van der Waals surface area contributed by atoms with Crippen LogP contribution in [-0.4, -0.2) is 5.78 Å². The van der Waals surface area contributed by atoms with Gasteiger partial charge in [0, 0.05) is 5.56 Å². The fourth-order valence-electron chi connectivity index (χ4n) is 1.02. The van der Waals surface area contributed by atoms with Gasteiger partial charge in [-0.15, -0.1) is 0 Å². The van der Waals surface area contributed by atoms with Crippen LogP contribution in [0.25, 0.3) is 0 Å². The fraction of sp³-hybridized carbons (Fsp3) is 0.0833.